The van der Waals surface area contributed by atoms with Crippen molar-refractivity contribution in [1.82, 2.24) is 4.57 Å². The van der Waals surface area contributed by atoms with Gasteiger partial charge in [0, 0.05) is 17.1 Å². The molecule has 0 bridgehead atoms. The van der Waals surface area contributed by atoms with Gasteiger partial charge in [0.25, 0.3) is 5.91 Å². The zero-order valence-electron chi connectivity index (χ0n) is 12.9. The van der Waals surface area contributed by atoms with Gasteiger partial charge in [-0.2, -0.15) is 4.99 Å². The molecule has 0 atom stereocenters. The summed E-state index contributed by atoms with van der Waals surface area (Å²) in [6.45, 7) is 4.40. The first-order valence-electron chi connectivity index (χ1n) is 7.39. The quantitative estimate of drug-likeness (QED) is 0.459. The van der Waals surface area contributed by atoms with Crippen molar-refractivity contribution < 1.29 is 4.79 Å². The smallest absolute Gasteiger partial charge is 0.272 e. The van der Waals surface area contributed by atoms with Gasteiger partial charge in [0.15, 0.2) is 4.80 Å². The van der Waals surface area contributed by atoms with Crippen molar-refractivity contribution in [2.24, 2.45) is 4.99 Å². The molecule has 2 aromatic carbocycles. The lowest BCUT2D eigenvalue weighted by Crippen LogP contribution is -2.15. The number of carbonyl (C=O) groups is 1. The van der Waals surface area contributed by atoms with Crippen LogP contribution >= 0.6 is 27.3 Å². The number of fused-ring (bicyclic) bond motifs is 1. The summed E-state index contributed by atoms with van der Waals surface area (Å²) in [7, 11) is 0. The molecular weight excluding hydrogens is 384 g/mol. The minimum absolute atomic E-state index is 0.276. The third-order valence-electron chi connectivity index (χ3n) is 3.38. The Kier molecular flexibility index (Phi) is 5.23. The fourth-order valence-electron chi connectivity index (χ4n) is 2.30. The number of nitrogens with zero attached hydrogens (tertiary/aromatic N) is 2. The number of halogens is 1. The van der Waals surface area contributed by atoms with Crippen LogP contribution in [0.4, 0.5) is 0 Å². The van der Waals surface area contributed by atoms with Crippen molar-refractivity contribution >= 4 is 49.5 Å². The first-order chi connectivity index (χ1) is 11.7. The molecular formula is C19H15BrN2OS. The topological polar surface area (TPSA) is 34.4 Å². The van der Waals surface area contributed by atoms with Gasteiger partial charge in [-0.1, -0.05) is 63.7 Å². The van der Waals surface area contributed by atoms with Crippen LogP contribution in [0.25, 0.3) is 16.3 Å². The van der Waals surface area contributed by atoms with Gasteiger partial charge in [0.2, 0.25) is 0 Å². The van der Waals surface area contributed by atoms with E-state index in [-0.39, 0.29) is 5.91 Å². The summed E-state index contributed by atoms with van der Waals surface area (Å²) in [5.41, 5.74) is 2.02. The zero-order chi connectivity index (χ0) is 16.9. The molecule has 0 radical (unpaired) electrons. The first-order valence-corrected chi connectivity index (χ1v) is 9.00. The number of thiazole rings is 1. The molecule has 1 heterocycles. The lowest BCUT2D eigenvalue weighted by atomic mass is 10.2. The number of carbonyl (C=O) groups excluding carboxylic acids is 1. The van der Waals surface area contributed by atoms with Crippen molar-refractivity contribution in [2.75, 3.05) is 0 Å². The van der Waals surface area contributed by atoms with Gasteiger partial charge < -0.3 is 4.57 Å². The molecule has 0 spiro atoms. The molecule has 0 fully saturated rings. The minimum atomic E-state index is -0.276. The largest absolute Gasteiger partial charge is 0.312 e. The standard InChI is InChI=1S/C19H15BrN2OS/c1-2-12-22-16-10-9-15(20)13-17(16)24-19(22)21-18(23)11-8-14-6-4-3-5-7-14/h2-11,13H,1,12H2. The van der Waals surface area contributed by atoms with Crippen LogP contribution in [0.5, 0.6) is 0 Å². The van der Waals surface area contributed by atoms with Gasteiger partial charge in [0.05, 0.1) is 10.2 Å². The Morgan fingerprint density at radius 3 is 2.79 bits per heavy atom. The highest BCUT2D eigenvalue weighted by molar-refractivity contribution is 9.10. The Bertz CT molecular complexity index is 984. The van der Waals surface area contributed by atoms with E-state index in [9.17, 15) is 4.79 Å². The molecule has 0 aliphatic rings. The van der Waals surface area contributed by atoms with Gasteiger partial charge in [0.1, 0.15) is 0 Å². The molecule has 0 unspecified atom stereocenters. The molecule has 5 heteroatoms. The van der Waals surface area contributed by atoms with Crippen LogP contribution in [0.3, 0.4) is 0 Å². The highest BCUT2D eigenvalue weighted by Crippen LogP contribution is 2.22. The van der Waals surface area contributed by atoms with Crippen LogP contribution < -0.4 is 4.80 Å². The summed E-state index contributed by atoms with van der Waals surface area (Å²) in [4.78, 5) is 17.1. The molecule has 3 nitrogen and oxygen atoms in total. The van der Waals surface area contributed by atoms with Crippen LogP contribution in [0.2, 0.25) is 0 Å². The summed E-state index contributed by atoms with van der Waals surface area (Å²) >= 11 is 4.97. The van der Waals surface area contributed by atoms with Crippen molar-refractivity contribution in [3.05, 3.63) is 82.1 Å². The number of benzene rings is 2. The Morgan fingerprint density at radius 1 is 1.25 bits per heavy atom. The second-order valence-electron chi connectivity index (χ2n) is 5.09. The van der Waals surface area contributed by atoms with Gasteiger partial charge in [-0.15, -0.1) is 6.58 Å². The predicted molar refractivity (Wildman–Crippen MR) is 104 cm³/mol. The highest BCUT2D eigenvalue weighted by Gasteiger charge is 2.06. The van der Waals surface area contributed by atoms with Gasteiger partial charge in [-0.05, 0) is 29.8 Å². The molecule has 0 N–H and O–H groups in total. The van der Waals surface area contributed by atoms with Gasteiger partial charge >= 0.3 is 0 Å². The number of rotatable bonds is 4. The first kappa shape index (κ1) is 16.6. The second-order valence-corrected chi connectivity index (χ2v) is 7.01. The maximum atomic E-state index is 12.2. The summed E-state index contributed by atoms with van der Waals surface area (Å²) in [5, 5.41) is 0. The highest BCUT2D eigenvalue weighted by atomic mass is 79.9. The minimum Gasteiger partial charge on any atom is -0.312 e. The summed E-state index contributed by atoms with van der Waals surface area (Å²) < 4.78 is 4.07. The van der Waals surface area contributed by atoms with Crippen LogP contribution in [0, 0.1) is 0 Å². The van der Waals surface area contributed by atoms with Crippen molar-refractivity contribution in [3.8, 4) is 0 Å². The van der Waals surface area contributed by atoms with E-state index in [1.807, 2.05) is 53.1 Å². The molecule has 0 saturated carbocycles. The molecule has 1 amide bonds. The van der Waals surface area contributed by atoms with E-state index in [0.29, 0.717) is 11.3 Å². The molecule has 0 aliphatic heterocycles. The van der Waals surface area contributed by atoms with E-state index in [4.69, 9.17) is 0 Å². The van der Waals surface area contributed by atoms with Crippen LogP contribution in [-0.2, 0) is 11.3 Å². The van der Waals surface area contributed by atoms with E-state index in [2.05, 4.69) is 27.5 Å². The Hall–Kier alpha value is -2.24. The van der Waals surface area contributed by atoms with Crippen LogP contribution in [0.1, 0.15) is 5.56 Å². The maximum absolute atomic E-state index is 12.2. The molecule has 0 aliphatic carbocycles. The molecule has 0 saturated heterocycles. The molecule has 3 aromatic rings. The normalized spacial score (nSPS) is 12.1. The Balaban J connectivity index is 1.99. The van der Waals surface area contributed by atoms with E-state index in [1.165, 1.54) is 17.4 Å². The lowest BCUT2D eigenvalue weighted by molar-refractivity contribution is -0.113. The van der Waals surface area contributed by atoms with E-state index < -0.39 is 0 Å². The summed E-state index contributed by atoms with van der Waals surface area (Å²) in [6.07, 6.45) is 5.07. The molecule has 24 heavy (non-hydrogen) atoms. The number of hydrogen-bond acceptors (Lipinski definition) is 2. The zero-order valence-corrected chi connectivity index (χ0v) is 15.3. The van der Waals surface area contributed by atoms with E-state index >= 15 is 0 Å². The summed E-state index contributed by atoms with van der Waals surface area (Å²) in [5.74, 6) is -0.276. The van der Waals surface area contributed by atoms with E-state index in [0.717, 1.165) is 20.3 Å². The number of allylic oxidation sites excluding steroid dienone is 1. The summed E-state index contributed by atoms with van der Waals surface area (Å²) in [6, 6.07) is 15.7. The molecule has 120 valence electrons. The Labute approximate surface area is 152 Å². The van der Waals surface area contributed by atoms with E-state index in [1.54, 1.807) is 12.2 Å². The van der Waals surface area contributed by atoms with Crippen LogP contribution in [0.15, 0.2) is 76.7 Å². The van der Waals surface area contributed by atoms with Crippen molar-refractivity contribution in [3.63, 3.8) is 0 Å². The fraction of sp³-hybridized carbons (Fsp3) is 0.0526. The van der Waals surface area contributed by atoms with Gasteiger partial charge in [-0.25, -0.2) is 0 Å². The molecule has 1 aromatic heterocycles. The average molecular weight is 399 g/mol. The maximum Gasteiger partial charge on any atom is 0.272 e. The Morgan fingerprint density at radius 2 is 2.04 bits per heavy atom. The van der Waals surface area contributed by atoms with Crippen molar-refractivity contribution in [1.29, 1.82) is 0 Å². The predicted octanol–water partition coefficient (Wildman–Crippen LogP) is 4.79. The van der Waals surface area contributed by atoms with Gasteiger partial charge in [-0.3, -0.25) is 4.79 Å². The fourth-order valence-corrected chi connectivity index (χ4v) is 3.90. The number of amides is 1. The number of aromatic nitrogens is 1. The third-order valence-corrected chi connectivity index (χ3v) is 4.91. The second kappa shape index (κ2) is 7.55. The third kappa shape index (κ3) is 3.80. The lowest BCUT2D eigenvalue weighted by Gasteiger charge is -2.00. The average Bonchev–Trinajstić information content (AvgIpc) is 2.91. The van der Waals surface area contributed by atoms with Crippen molar-refractivity contribution in [2.45, 2.75) is 6.54 Å². The SMILES string of the molecule is C=CCn1c(=NC(=O)C=Cc2ccccc2)sc2cc(Br)ccc21. The monoisotopic (exact) mass is 398 g/mol. The molecule has 3 rings (SSSR count). The van der Waals surface area contributed by atoms with Crippen LogP contribution in [-0.4, -0.2) is 10.5 Å². The number of hydrogen-bond donors (Lipinski definition) is 0.